The summed E-state index contributed by atoms with van der Waals surface area (Å²) in [5, 5.41) is 3.46. The fourth-order valence-corrected chi connectivity index (χ4v) is 6.55. The van der Waals surface area contributed by atoms with E-state index >= 15 is 0 Å². The number of hydrogen-bond acceptors (Lipinski definition) is 6. The van der Waals surface area contributed by atoms with Crippen LogP contribution in [-0.4, -0.2) is 25.8 Å². The highest BCUT2D eigenvalue weighted by Crippen LogP contribution is 2.54. The number of methoxy groups -OCH3 is 2. The van der Waals surface area contributed by atoms with E-state index in [1.165, 1.54) is 33.6 Å². The summed E-state index contributed by atoms with van der Waals surface area (Å²) in [6.45, 7) is 8.76. The number of rotatable bonds is 4. The van der Waals surface area contributed by atoms with Gasteiger partial charge in [0, 0.05) is 38.9 Å². The van der Waals surface area contributed by atoms with Crippen molar-refractivity contribution in [2.24, 2.45) is 0 Å². The Morgan fingerprint density at radius 1 is 0.744 bits per heavy atom. The number of carbonyl (C=O) groups is 2. The van der Waals surface area contributed by atoms with Crippen LogP contribution in [0.3, 0.4) is 0 Å². The molecule has 0 saturated carbocycles. The van der Waals surface area contributed by atoms with E-state index in [0.29, 0.717) is 28.2 Å². The highest BCUT2D eigenvalue weighted by molar-refractivity contribution is 7.08. The zero-order chi connectivity index (χ0) is 27.6. The molecule has 1 aromatic heterocycles. The summed E-state index contributed by atoms with van der Waals surface area (Å²) in [4.78, 5) is 28.2. The molecule has 196 valence electrons. The van der Waals surface area contributed by atoms with Crippen molar-refractivity contribution in [3.8, 4) is 11.5 Å². The lowest BCUT2D eigenvalue weighted by Crippen LogP contribution is -2.31. The van der Waals surface area contributed by atoms with Crippen molar-refractivity contribution in [2.45, 2.75) is 33.1 Å². The van der Waals surface area contributed by atoms with E-state index < -0.39 is 0 Å². The average Bonchev–Trinajstić information content (AvgIpc) is 3.49. The molecule has 39 heavy (non-hydrogen) atoms. The van der Waals surface area contributed by atoms with E-state index in [9.17, 15) is 9.59 Å². The van der Waals surface area contributed by atoms with Crippen molar-refractivity contribution in [2.75, 3.05) is 19.1 Å². The molecule has 0 saturated heterocycles. The Balaban J connectivity index is 1.56. The summed E-state index contributed by atoms with van der Waals surface area (Å²) < 4.78 is 11.8. The largest absolute Gasteiger partial charge is 0.496 e. The highest BCUT2D eigenvalue weighted by atomic mass is 32.1. The SMILES string of the molecule is COc1cc(N2c3ccc(C)cc3C(C)(C)c3cc(C)ccc32)c(OC)cc1C=C1C(=O)c2cscc2C1=O. The fourth-order valence-electron chi connectivity index (χ4n) is 5.75. The van der Waals surface area contributed by atoms with Crippen LogP contribution in [0.5, 0.6) is 11.5 Å². The van der Waals surface area contributed by atoms with Crippen LogP contribution >= 0.6 is 11.3 Å². The topological polar surface area (TPSA) is 55.8 Å². The molecule has 4 aromatic rings. The third kappa shape index (κ3) is 3.73. The van der Waals surface area contributed by atoms with Crippen LogP contribution in [0.15, 0.2) is 64.9 Å². The van der Waals surface area contributed by atoms with E-state index in [1.54, 1.807) is 31.1 Å². The molecule has 2 aliphatic rings. The second-order valence-corrected chi connectivity index (χ2v) is 11.4. The van der Waals surface area contributed by atoms with Gasteiger partial charge in [-0.3, -0.25) is 9.59 Å². The molecule has 0 N–H and O–H groups in total. The van der Waals surface area contributed by atoms with Gasteiger partial charge in [0.25, 0.3) is 0 Å². The summed E-state index contributed by atoms with van der Waals surface area (Å²) in [6, 6.07) is 16.8. The van der Waals surface area contributed by atoms with E-state index in [2.05, 4.69) is 69.0 Å². The summed E-state index contributed by atoms with van der Waals surface area (Å²) in [6.07, 6.45) is 1.62. The molecule has 0 unspecified atom stereocenters. The molecular weight excluding hydrogens is 506 g/mol. The Bertz CT molecular complexity index is 1640. The zero-order valence-electron chi connectivity index (χ0n) is 22.8. The molecule has 0 atom stereocenters. The van der Waals surface area contributed by atoms with Crippen LogP contribution in [0.2, 0.25) is 0 Å². The first-order valence-corrected chi connectivity index (χ1v) is 13.8. The third-order valence-electron chi connectivity index (χ3n) is 7.85. The molecule has 2 heterocycles. The van der Waals surface area contributed by atoms with Crippen LogP contribution in [0.25, 0.3) is 6.08 Å². The van der Waals surface area contributed by atoms with Crippen LogP contribution < -0.4 is 14.4 Å². The number of nitrogens with zero attached hydrogens (tertiary/aromatic N) is 1. The van der Waals surface area contributed by atoms with Crippen LogP contribution in [0, 0.1) is 13.8 Å². The average molecular weight is 536 g/mol. The fraction of sp³-hybridized carbons (Fsp3) is 0.212. The first-order chi connectivity index (χ1) is 18.6. The monoisotopic (exact) mass is 535 g/mol. The molecular formula is C33H29NO4S. The molecule has 0 spiro atoms. The van der Waals surface area contributed by atoms with Gasteiger partial charge in [-0.2, -0.15) is 11.3 Å². The van der Waals surface area contributed by atoms with Gasteiger partial charge in [-0.1, -0.05) is 49.2 Å². The predicted octanol–water partition coefficient (Wildman–Crippen LogP) is 7.95. The van der Waals surface area contributed by atoms with Gasteiger partial charge in [0.2, 0.25) is 0 Å². The van der Waals surface area contributed by atoms with Crippen molar-refractivity contribution < 1.29 is 19.1 Å². The molecule has 0 bridgehead atoms. The van der Waals surface area contributed by atoms with Gasteiger partial charge in [-0.15, -0.1) is 0 Å². The Labute approximate surface area is 232 Å². The van der Waals surface area contributed by atoms with Crippen LogP contribution in [-0.2, 0) is 5.41 Å². The normalized spacial score (nSPS) is 15.1. The van der Waals surface area contributed by atoms with Gasteiger partial charge in [0.15, 0.2) is 11.6 Å². The van der Waals surface area contributed by atoms with Crippen LogP contribution in [0.1, 0.15) is 62.4 Å². The number of ether oxygens (including phenoxy) is 2. The first-order valence-electron chi connectivity index (χ1n) is 12.8. The molecule has 5 nitrogen and oxygen atoms in total. The maximum atomic E-state index is 13.0. The number of allylic oxidation sites excluding steroid dienone is 1. The first kappa shape index (κ1) is 25.1. The number of ketones is 2. The van der Waals surface area contributed by atoms with Gasteiger partial charge in [0.1, 0.15) is 11.5 Å². The lowest BCUT2D eigenvalue weighted by atomic mass is 9.72. The number of Topliss-reactive ketones (excluding diaryl/α,β-unsaturated/α-hetero) is 2. The molecule has 6 heteroatoms. The predicted molar refractivity (Wildman–Crippen MR) is 157 cm³/mol. The number of carbonyl (C=O) groups excluding carboxylic acids is 2. The maximum Gasteiger partial charge on any atom is 0.198 e. The standard InChI is InChI=1S/C33H29NO4S/c1-18-7-9-26-24(11-18)33(3,4)25-12-19(2)8-10-27(25)34(26)28-15-29(37-5)20(14-30(28)38-6)13-21-31(35)22-16-39-17-23(22)32(21)36/h7-17H,1-6H3. The second-order valence-electron chi connectivity index (χ2n) is 10.7. The minimum atomic E-state index is -0.256. The number of thiophene rings is 1. The smallest absolute Gasteiger partial charge is 0.198 e. The number of hydrogen-bond donors (Lipinski definition) is 0. The van der Waals surface area contributed by atoms with E-state index in [-0.39, 0.29) is 22.6 Å². The van der Waals surface area contributed by atoms with Gasteiger partial charge < -0.3 is 14.4 Å². The van der Waals surface area contributed by atoms with E-state index in [4.69, 9.17) is 9.47 Å². The molecule has 1 aliphatic carbocycles. The zero-order valence-corrected chi connectivity index (χ0v) is 23.7. The van der Waals surface area contributed by atoms with Crippen molar-refractivity contribution in [1.29, 1.82) is 0 Å². The molecule has 0 amide bonds. The minimum Gasteiger partial charge on any atom is -0.496 e. The minimum absolute atomic E-state index is 0.141. The number of anilines is 3. The van der Waals surface area contributed by atoms with Gasteiger partial charge >= 0.3 is 0 Å². The third-order valence-corrected chi connectivity index (χ3v) is 8.59. The van der Waals surface area contributed by atoms with Crippen LogP contribution in [0.4, 0.5) is 17.1 Å². The number of fused-ring (bicyclic) bond motifs is 3. The van der Waals surface area contributed by atoms with E-state index in [1.807, 2.05) is 12.1 Å². The second kappa shape index (κ2) is 8.95. The summed E-state index contributed by atoms with van der Waals surface area (Å²) in [5.74, 6) is 0.634. The lowest BCUT2D eigenvalue weighted by Gasteiger charge is -2.42. The lowest BCUT2D eigenvalue weighted by molar-refractivity contribution is 0.0990. The van der Waals surface area contributed by atoms with E-state index in [0.717, 1.165) is 17.1 Å². The quantitative estimate of drug-likeness (QED) is 0.196. The molecule has 0 radical (unpaired) electrons. The van der Waals surface area contributed by atoms with Gasteiger partial charge in [0.05, 0.1) is 36.9 Å². The Kier molecular flexibility index (Phi) is 5.77. The summed E-state index contributed by atoms with van der Waals surface area (Å²) in [5.41, 5.74) is 9.26. The van der Waals surface area contributed by atoms with Gasteiger partial charge in [-0.05, 0) is 49.2 Å². The Morgan fingerprint density at radius 2 is 1.28 bits per heavy atom. The summed E-state index contributed by atoms with van der Waals surface area (Å²) in [7, 11) is 3.22. The Hall–Kier alpha value is -4.16. The summed E-state index contributed by atoms with van der Waals surface area (Å²) >= 11 is 1.36. The Morgan fingerprint density at radius 3 is 1.79 bits per heavy atom. The molecule has 6 rings (SSSR count). The molecule has 0 fully saturated rings. The maximum absolute atomic E-state index is 13.0. The van der Waals surface area contributed by atoms with Crippen molar-refractivity contribution in [3.05, 3.63) is 104 Å². The number of benzene rings is 3. The van der Waals surface area contributed by atoms with Crippen molar-refractivity contribution in [3.63, 3.8) is 0 Å². The highest BCUT2D eigenvalue weighted by Gasteiger charge is 2.38. The van der Waals surface area contributed by atoms with Gasteiger partial charge in [-0.25, -0.2) is 0 Å². The molecule has 1 aliphatic heterocycles. The number of aryl methyl sites for hydroxylation is 2. The van der Waals surface area contributed by atoms with Crippen molar-refractivity contribution >= 4 is 46.0 Å². The van der Waals surface area contributed by atoms with Crippen molar-refractivity contribution in [1.82, 2.24) is 0 Å². The molecule has 3 aromatic carbocycles.